The number of anilines is 1. The van der Waals surface area contributed by atoms with Crippen molar-refractivity contribution in [2.45, 2.75) is 26.3 Å². The quantitative estimate of drug-likeness (QED) is 0.636. The Balaban J connectivity index is 1.65. The van der Waals surface area contributed by atoms with Gasteiger partial charge in [-0.3, -0.25) is 14.5 Å². The molecule has 1 aromatic heterocycles. The number of carbonyl (C=O) groups excluding carboxylic acids is 1. The molecule has 0 atom stereocenters. The van der Waals surface area contributed by atoms with Crippen LogP contribution in [0.25, 0.3) is 11.4 Å². The number of aromatic amines is 1. The van der Waals surface area contributed by atoms with Gasteiger partial charge in [0.25, 0.3) is 0 Å². The van der Waals surface area contributed by atoms with E-state index in [1.54, 1.807) is 12.1 Å². The summed E-state index contributed by atoms with van der Waals surface area (Å²) >= 11 is 5.31. The van der Waals surface area contributed by atoms with Crippen LogP contribution in [0.4, 0.5) is 5.69 Å². The van der Waals surface area contributed by atoms with Gasteiger partial charge in [0.1, 0.15) is 0 Å². The largest absolute Gasteiger partial charge is 0.326 e. The second-order valence-electron chi connectivity index (χ2n) is 6.20. The van der Waals surface area contributed by atoms with E-state index >= 15 is 0 Å². The van der Waals surface area contributed by atoms with Crippen molar-refractivity contribution in [2.24, 2.45) is 0 Å². The van der Waals surface area contributed by atoms with Gasteiger partial charge in [-0.05, 0) is 36.8 Å². The number of hydrogen-bond donors (Lipinski definition) is 2. The molecular weight excluding hydrogens is 358 g/mol. The lowest BCUT2D eigenvalue weighted by Crippen LogP contribution is -2.15. The summed E-state index contributed by atoms with van der Waals surface area (Å²) in [6.45, 7) is 2.45. The molecule has 0 radical (unpaired) electrons. The molecular formula is C20H19N5OS. The first-order chi connectivity index (χ1) is 13.1. The Labute approximate surface area is 162 Å². The molecule has 0 aliphatic carbocycles. The molecule has 0 bridgehead atoms. The van der Waals surface area contributed by atoms with Gasteiger partial charge in [-0.25, -0.2) is 0 Å². The minimum atomic E-state index is -0.110. The highest BCUT2D eigenvalue weighted by atomic mass is 32.1. The van der Waals surface area contributed by atoms with Crippen molar-refractivity contribution >= 4 is 23.8 Å². The van der Waals surface area contributed by atoms with E-state index < -0.39 is 0 Å². The van der Waals surface area contributed by atoms with Crippen molar-refractivity contribution in [3.63, 3.8) is 0 Å². The number of nitrogens with zero attached hydrogens (tertiary/aromatic N) is 3. The second kappa shape index (κ2) is 8.43. The monoisotopic (exact) mass is 377 g/mol. The summed E-state index contributed by atoms with van der Waals surface area (Å²) < 4.78 is 2.31. The number of benzene rings is 2. The zero-order valence-electron chi connectivity index (χ0n) is 14.9. The number of H-pyrrole nitrogens is 1. The molecule has 136 valence electrons. The lowest BCUT2D eigenvalue weighted by atomic mass is 10.1. The Morgan fingerprint density at radius 3 is 2.59 bits per heavy atom. The maximum absolute atomic E-state index is 12.3. The van der Waals surface area contributed by atoms with Gasteiger partial charge in [0.2, 0.25) is 5.91 Å². The highest BCUT2D eigenvalue weighted by Gasteiger charge is 2.11. The predicted molar refractivity (Wildman–Crippen MR) is 107 cm³/mol. The molecule has 0 unspecified atom stereocenters. The Morgan fingerprint density at radius 1 is 1.22 bits per heavy atom. The molecule has 0 saturated carbocycles. The third-order valence-electron chi connectivity index (χ3n) is 4.15. The van der Waals surface area contributed by atoms with Crippen LogP contribution >= 0.6 is 12.2 Å². The smallest absolute Gasteiger partial charge is 0.226 e. The molecule has 3 aromatic rings. The molecule has 1 amide bonds. The molecule has 2 aromatic carbocycles. The van der Waals surface area contributed by atoms with E-state index in [9.17, 15) is 4.79 Å². The Hall–Kier alpha value is -3.24. The summed E-state index contributed by atoms with van der Waals surface area (Å²) in [6, 6.07) is 17.4. The van der Waals surface area contributed by atoms with Gasteiger partial charge < -0.3 is 5.32 Å². The van der Waals surface area contributed by atoms with Crippen LogP contribution in [-0.2, 0) is 17.8 Å². The highest BCUT2D eigenvalue weighted by Crippen LogP contribution is 2.18. The normalized spacial score (nSPS) is 10.4. The first-order valence-corrected chi connectivity index (χ1v) is 8.95. The fourth-order valence-corrected chi connectivity index (χ4v) is 2.91. The van der Waals surface area contributed by atoms with Gasteiger partial charge in [-0.2, -0.15) is 10.4 Å². The number of carbonyl (C=O) groups is 1. The van der Waals surface area contributed by atoms with E-state index in [1.807, 2.05) is 47.9 Å². The molecule has 0 fully saturated rings. The first-order valence-electron chi connectivity index (χ1n) is 8.55. The SMILES string of the molecule is Cc1ccc(-c2n[nH]c(=S)n2CCC(=O)Nc2ccc(CC#N)cc2)cc1. The maximum atomic E-state index is 12.3. The standard InChI is InChI=1S/C20H19N5OS/c1-14-2-6-16(7-3-14)19-23-24-20(27)25(19)13-11-18(26)22-17-8-4-15(5-9-17)10-12-21/h2-9H,10-11,13H2,1H3,(H,22,26)(H,24,27). The van der Waals surface area contributed by atoms with Crippen molar-refractivity contribution < 1.29 is 4.79 Å². The number of aromatic nitrogens is 3. The molecule has 1 heterocycles. The number of hydrogen-bond acceptors (Lipinski definition) is 4. The summed E-state index contributed by atoms with van der Waals surface area (Å²) in [5, 5.41) is 18.6. The summed E-state index contributed by atoms with van der Waals surface area (Å²) in [7, 11) is 0. The molecule has 0 saturated heterocycles. The van der Waals surface area contributed by atoms with Gasteiger partial charge in [-0.1, -0.05) is 42.0 Å². The summed E-state index contributed by atoms with van der Waals surface area (Å²) in [5.74, 6) is 0.606. The summed E-state index contributed by atoms with van der Waals surface area (Å²) in [4.78, 5) is 12.3. The van der Waals surface area contributed by atoms with E-state index in [2.05, 4.69) is 21.6 Å². The number of rotatable bonds is 6. The molecule has 27 heavy (non-hydrogen) atoms. The van der Waals surface area contributed by atoms with Crippen LogP contribution in [0.5, 0.6) is 0 Å². The van der Waals surface area contributed by atoms with E-state index in [-0.39, 0.29) is 12.3 Å². The molecule has 0 spiro atoms. The zero-order chi connectivity index (χ0) is 19.2. The van der Waals surface area contributed by atoms with E-state index in [4.69, 9.17) is 17.5 Å². The Bertz CT molecular complexity index is 1030. The van der Waals surface area contributed by atoms with Crippen molar-refractivity contribution in [1.82, 2.24) is 14.8 Å². The first kappa shape index (κ1) is 18.5. The van der Waals surface area contributed by atoms with Crippen LogP contribution < -0.4 is 5.32 Å². The lowest BCUT2D eigenvalue weighted by Gasteiger charge is -2.08. The third-order valence-corrected chi connectivity index (χ3v) is 4.46. The lowest BCUT2D eigenvalue weighted by molar-refractivity contribution is -0.116. The van der Waals surface area contributed by atoms with Crippen LogP contribution in [0.1, 0.15) is 17.5 Å². The van der Waals surface area contributed by atoms with E-state index in [1.165, 1.54) is 5.56 Å². The molecule has 6 nitrogen and oxygen atoms in total. The van der Waals surface area contributed by atoms with Gasteiger partial charge in [0.05, 0.1) is 12.5 Å². The molecule has 2 N–H and O–H groups in total. The Morgan fingerprint density at radius 2 is 1.93 bits per heavy atom. The van der Waals surface area contributed by atoms with Crippen molar-refractivity contribution in [2.75, 3.05) is 5.32 Å². The average Bonchev–Trinajstić information content (AvgIpc) is 3.03. The minimum absolute atomic E-state index is 0.110. The van der Waals surface area contributed by atoms with Crippen molar-refractivity contribution in [3.05, 3.63) is 64.4 Å². The van der Waals surface area contributed by atoms with Crippen molar-refractivity contribution in [3.8, 4) is 17.5 Å². The number of aryl methyl sites for hydroxylation is 1. The van der Waals surface area contributed by atoms with Crippen LogP contribution in [0, 0.1) is 23.0 Å². The van der Waals surface area contributed by atoms with Crippen LogP contribution in [0.2, 0.25) is 0 Å². The Kier molecular flexibility index (Phi) is 5.79. The topological polar surface area (TPSA) is 86.5 Å². The number of nitrogens with one attached hydrogen (secondary N) is 2. The molecule has 3 rings (SSSR count). The molecule has 0 aliphatic rings. The third kappa shape index (κ3) is 4.68. The fourth-order valence-electron chi connectivity index (χ4n) is 2.68. The van der Waals surface area contributed by atoms with E-state index in [0.29, 0.717) is 29.2 Å². The molecule has 7 heteroatoms. The van der Waals surface area contributed by atoms with Crippen LogP contribution in [0.15, 0.2) is 48.5 Å². The number of amides is 1. The zero-order valence-corrected chi connectivity index (χ0v) is 15.7. The summed E-state index contributed by atoms with van der Waals surface area (Å²) in [5.41, 5.74) is 3.74. The van der Waals surface area contributed by atoms with E-state index in [0.717, 1.165) is 11.1 Å². The maximum Gasteiger partial charge on any atom is 0.226 e. The van der Waals surface area contributed by atoms with Gasteiger partial charge >= 0.3 is 0 Å². The second-order valence-corrected chi connectivity index (χ2v) is 6.59. The number of nitriles is 1. The molecule has 0 aliphatic heterocycles. The van der Waals surface area contributed by atoms with Crippen molar-refractivity contribution in [1.29, 1.82) is 5.26 Å². The van der Waals surface area contributed by atoms with Gasteiger partial charge in [-0.15, -0.1) is 0 Å². The highest BCUT2D eigenvalue weighted by molar-refractivity contribution is 7.71. The summed E-state index contributed by atoms with van der Waals surface area (Å²) in [6.07, 6.45) is 0.626. The fraction of sp³-hybridized carbons (Fsp3) is 0.200. The van der Waals surface area contributed by atoms with Gasteiger partial charge in [0.15, 0.2) is 10.6 Å². The minimum Gasteiger partial charge on any atom is -0.326 e. The van der Waals surface area contributed by atoms with Gasteiger partial charge in [0, 0.05) is 24.2 Å². The predicted octanol–water partition coefficient (Wildman–Crippen LogP) is 4.01. The van der Waals surface area contributed by atoms with Crippen LogP contribution in [-0.4, -0.2) is 20.7 Å². The average molecular weight is 377 g/mol. The van der Waals surface area contributed by atoms with Crippen LogP contribution in [0.3, 0.4) is 0 Å².